The number of carbonyl (C=O) groups excluding carboxylic acids is 1. The number of hydrogen-bond donors (Lipinski definition) is 3. The van der Waals surface area contributed by atoms with Gasteiger partial charge < -0.3 is 24.8 Å². The van der Waals surface area contributed by atoms with Gasteiger partial charge in [0, 0.05) is 0 Å². The number of ether oxygens (including phenoxy) is 2. The highest BCUT2D eigenvalue weighted by atomic mass is 16.5. The summed E-state index contributed by atoms with van der Waals surface area (Å²) in [5.74, 6) is -0.654. The van der Waals surface area contributed by atoms with Gasteiger partial charge in [-0.2, -0.15) is 0 Å². The van der Waals surface area contributed by atoms with Crippen LogP contribution in [-0.2, 0) is 9.47 Å². The van der Waals surface area contributed by atoms with E-state index in [1.54, 1.807) is 6.92 Å². The van der Waals surface area contributed by atoms with E-state index < -0.39 is 43.0 Å². The van der Waals surface area contributed by atoms with Crippen LogP contribution in [0.3, 0.4) is 0 Å². The van der Waals surface area contributed by atoms with E-state index in [0.29, 0.717) is 0 Å². The average Bonchev–Trinajstić information content (AvgIpc) is 2.98. The van der Waals surface area contributed by atoms with E-state index in [4.69, 9.17) is 17.3 Å². The Morgan fingerprint density at radius 1 is 1.45 bits per heavy atom. The maximum Gasteiger partial charge on any atom is 0.360 e. The molecule has 2 rings (SSSR count). The number of esters is 1. The van der Waals surface area contributed by atoms with Gasteiger partial charge in [-0.05, 0) is 6.92 Å². The Balaban J connectivity index is 2.26. The quantitative estimate of drug-likeness (QED) is 0.423. The Kier molecular flexibility index (Phi) is 5.51. The molecule has 3 N–H and O–H groups in total. The summed E-state index contributed by atoms with van der Waals surface area (Å²) >= 11 is 0. The predicted octanol–water partition coefficient (Wildman–Crippen LogP) is -1.94. The van der Waals surface area contributed by atoms with Gasteiger partial charge in [-0.15, -0.1) is 5.10 Å². The van der Waals surface area contributed by atoms with Crippen LogP contribution < -0.4 is 0 Å². The van der Waals surface area contributed by atoms with E-state index in [2.05, 4.69) is 10.3 Å². The van der Waals surface area contributed by atoms with E-state index >= 15 is 0 Å². The fourth-order valence-corrected chi connectivity index (χ4v) is 2.41. The fraction of sp³-hybridized carbons (Fsp3) is 0.750. The molecule has 0 saturated carbocycles. The number of carbonyl (C=O) groups is 1. The van der Waals surface area contributed by atoms with Crippen molar-refractivity contribution in [2.75, 3.05) is 13.2 Å². The van der Waals surface area contributed by atoms with Gasteiger partial charge >= 0.3 is 5.97 Å². The third-order valence-corrected chi connectivity index (χ3v) is 3.52. The molecule has 1 aromatic rings. The predicted molar refractivity (Wildman–Crippen MR) is 73.3 cm³/mol. The van der Waals surface area contributed by atoms with E-state index in [1.807, 2.05) is 0 Å². The van der Waals surface area contributed by atoms with E-state index in [0.717, 1.165) is 4.68 Å². The lowest BCUT2D eigenvalue weighted by Crippen LogP contribution is -2.55. The standard InChI is InChI=1S/C12H18BN3O6/c1-2-21-12(20)6-4-16(15-14-6)9-10(18)7(3-13)22-8(5-17)11(9)19/h4,7-11,17-19H,2-3,5H2,1H3/t7-,8?,9-,10?,11+/m1/s1. The number of hydrogen-bond acceptors (Lipinski definition) is 8. The van der Waals surface area contributed by atoms with Crippen molar-refractivity contribution >= 4 is 13.8 Å². The molecule has 1 aliphatic rings. The number of aliphatic hydroxyl groups excluding tert-OH is 3. The lowest BCUT2D eigenvalue weighted by Gasteiger charge is -2.42. The molecule has 10 heteroatoms. The summed E-state index contributed by atoms with van der Waals surface area (Å²) in [5.41, 5.74) is -0.0439. The van der Waals surface area contributed by atoms with Crippen LogP contribution in [0.4, 0.5) is 0 Å². The molecule has 2 unspecified atom stereocenters. The molecule has 22 heavy (non-hydrogen) atoms. The average molecular weight is 311 g/mol. The summed E-state index contributed by atoms with van der Waals surface area (Å²) in [7, 11) is 5.52. The van der Waals surface area contributed by atoms with Crippen molar-refractivity contribution in [3.05, 3.63) is 11.9 Å². The zero-order chi connectivity index (χ0) is 16.3. The van der Waals surface area contributed by atoms with Gasteiger partial charge in [-0.1, -0.05) is 11.5 Å². The first-order valence-electron chi connectivity index (χ1n) is 6.94. The molecule has 0 bridgehead atoms. The van der Waals surface area contributed by atoms with Gasteiger partial charge in [-0.3, -0.25) is 0 Å². The maximum absolute atomic E-state index is 11.6. The fourth-order valence-electron chi connectivity index (χ4n) is 2.41. The molecule has 9 nitrogen and oxygen atoms in total. The molecular weight excluding hydrogens is 293 g/mol. The number of aromatic nitrogens is 3. The summed E-state index contributed by atoms with van der Waals surface area (Å²) in [6.07, 6.45) is -2.83. The summed E-state index contributed by atoms with van der Waals surface area (Å²) in [4.78, 5) is 11.6. The molecule has 0 spiro atoms. The highest BCUT2D eigenvalue weighted by Gasteiger charge is 2.45. The first kappa shape index (κ1) is 16.9. The van der Waals surface area contributed by atoms with Crippen LogP contribution in [0.2, 0.25) is 6.32 Å². The molecule has 0 aromatic carbocycles. The smallest absolute Gasteiger partial charge is 0.360 e. The van der Waals surface area contributed by atoms with Crippen LogP contribution in [0.5, 0.6) is 0 Å². The molecule has 0 amide bonds. The van der Waals surface area contributed by atoms with Crippen LogP contribution in [-0.4, -0.2) is 81.8 Å². The summed E-state index contributed by atoms with van der Waals surface area (Å²) in [5, 5.41) is 37.2. The molecule has 2 heterocycles. The van der Waals surface area contributed by atoms with Crippen LogP contribution in [0.25, 0.3) is 0 Å². The van der Waals surface area contributed by atoms with Gasteiger partial charge in [0.25, 0.3) is 0 Å². The van der Waals surface area contributed by atoms with Crippen molar-refractivity contribution in [2.24, 2.45) is 0 Å². The molecule has 2 radical (unpaired) electrons. The van der Waals surface area contributed by atoms with E-state index in [-0.39, 0.29) is 18.6 Å². The Morgan fingerprint density at radius 2 is 2.14 bits per heavy atom. The van der Waals surface area contributed by atoms with Gasteiger partial charge in [0.05, 0.1) is 33.4 Å². The van der Waals surface area contributed by atoms with Gasteiger partial charge in [0.1, 0.15) is 24.4 Å². The van der Waals surface area contributed by atoms with Crippen molar-refractivity contribution in [2.45, 2.75) is 43.7 Å². The number of rotatable bonds is 5. The first-order chi connectivity index (χ1) is 10.5. The molecule has 1 fully saturated rings. The van der Waals surface area contributed by atoms with Gasteiger partial charge in [0.15, 0.2) is 5.69 Å². The van der Waals surface area contributed by atoms with Gasteiger partial charge in [0.2, 0.25) is 0 Å². The monoisotopic (exact) mass is 311 g/mol. The molecule has 1 aromatic heterocycles. The second-order valence-electron chi connectivity index (χ2n) is 4.91. The molecule has 1 aliphatic heterocycles. The normalized spacial score (nSPS) is 31.9. The molecule has 120 valence electrons. The first-order valence-corrected chi connectivity index (χ1v) is 6.94. The zero-order valence-corrected chi connectivity index (χ0v) is 12.1. The van der Waals surface area contributed by atoms with Crippen LogP contribution >= 0.6 is 0 Å². The third-order valence-electron chi connectivity index (χ3n) is 3.52. The molecular formula is C12H18BN3O6. The van der Waals surface area contributed by atoms with Crippen LogP contribution in [0.1, 0.15) is 23.5 Å². The highest BCUT2D eigenvalue weighted by Crippen LogP contribution is 2.30. The molecule has 1 saturated heterocycles. The Morgan fingerprint density at radius 3 is 2.73 bits per heavy atom. The van der Waals surface area contributed by atoms with E-state index in [1.165, 1.54) is 6.20 Å². The topological polar surface area (TPSA) is 127 Å². The minimum Gasteiger partial charge on any atom is -0.461 e. The zero-order valence-electron chi connectivity index (χ0n) is 12.1. The van der Waals surface area contributed by atoms with E-state index in [9.17, 15) is 20.1 Å². The summed E-state index contributed by atoms with van der Waals surface area (Å²) in [6, 6.07) is -0.949. The summed E-state index contributed by atoms with van der Waals surface area (Å²) < 4.78 is 11.3. The minimum absolute atomic E-state index is 0.000315. The largest absolute Gasteiger partial charge is 0.461 e. The number of nitrogens with zero attached hydrogens (tertiary/aromatic N) is 3. The van der Waals surface area contributed by atoms with Crippen molar-refractivity contribution in [3.8, 4) is 0 Å². The lowest BCUT2D eigenvalue weighted by molar-refractivity contribution is -0.199. The minimum atomic E-state index is -1.24. The molecule has 5 atom stereocenters. The van der Waals surface area contributed by atoms with Gasteiger partial charge in [-0.25, -0.2) is 9.48 Å². The second-order valence-corrected chi connectivity index (χ2v) is 4.91. The Hall–Kier alpha value is -1.49. The van der Waals surface area contributed by atoms with Crippen LogP contribution in [0.15, 0.2) is 6.20 Å². The summed E-state index contributed by atoms with van der Waals surface area (Å²) in [6.45, 7) is 1.41. The van der Waals surface area contributed by atoms with Crippen molar-refractivity contribution < 1.29 is 29.6 Å². The third kappa shape index (κ3) is 3.14. The Bertz CT molecular complexity index is 497. The van der Waals surface area contributed by atoms with Crippen molar-refractivity contribution in [1.29, 1.82) is 0 Å². The lowest BCUT2D eigenvalue weighted by atomic mass is 9.86. The maximum atomic E-state index is 11.6. The Labute approximate surface area is 128 Å². The second kappa shape index (κ2) is 7.18. The number of aliphatic hydroxyl groups is 3. The van der Waals surface area contributed by atoms with Crippen molar-refractivity contribution in [3.63, 3.8) is 0 Å². The SMILES string of the molecule is [B]C[C@H]1OC(CO)[C@H](O)[C@H](n2cc(C(=O)OCC)nn2)C1O. The van der Waals surface area contributed by atoms with Crippen molar-refractivity contribution in [1.82, 2.24) is 15.0 Å². The molecule has 0 aliphatic carbocycles. The van der Waals surface area contributed by atoms with Crippen LogP contribution in [0, 0.1) is 0 Å². The highest BCUT2D eigenvalue weighted by molar-refractivity contribution is 6.08.